The summed E-state index contributed by atoms with van der Waals surface area (Å²) >= 11 is 22.7. The zero-order chi connectivity index (χ0) is 36.8. The minimum absolute atomic E-state index is 0.0685. The molecule has 1 saturated carbocycles. The van der Waals surface area contributed by atoms with Gasteiger partial charge in [-0.15, -0.1) is 23.2 Å². The molecule has 1 aliphatic carbocycles. The van der Waals surface area contributed by atoms with E-state index in [0.29, 0.717) is 0 Å². The lowest BCUT2D eigenvalue weighted by Crippen LogP contribution is -2.44. The second-order valence-electron chi connectivity index (χ2n) is 13.3. The highest BCUT2D eigenvalue weighted by atomic mass is 79.9. The van der Waals surface area contributed by atoms with Crippen LogP contribution in [-0.2, 0) is 14.3 Å². The predicted octanol–water partition coefficient (Wildman–Crippen LogP) is 10.1. The second-order valence-corrected chi connectivity index (χ2v) is 16.0. The Balaban J connectivity index is 1.60. The summed E-state index contributed by atoms with van der Waals surface area (Å²) < 4.78 is 41.1. The molecule has 4 rings (SSSR count). The third-order valence-corrected chi connectivity index (χ3v) is 9.21. The number of alkyl halides is 2. The van der Waals surface area contributed by atoms with E-state index in [-0.39, 0.29) is 21.2 Å². The van der Waals surface area contributed by atoms with Crippen LogP contribution in [0.25, 0.3) is 0 Å². The largest absolute Gasteiger partial charge is 0.443 e. The van der Waals surface area contributed by atoms with Gasteiger partial charge in [0.05, 0.1) is 22.2 Å². The zero-order valence-corrected chi connectivity index (χ0v) is 31.3. The first-order chi connectivity index (χ1) is 22.5. The van der Waals surface area contributed by atoms with Crippen molar-refractivity contribution in [2.45, 2.75) is 69.9 Å². The smallest absolute Gasteiger partial charge is 0.424 e. The molecule has 3 aromatic rings. The minimum atomic E-state index is -1.48. The van der Waals surface area contributed by atoms with Gasteiger partial charge in [0.2, 0.25) is 5.91 Å². The Labute approximate surface area is 305 Å². The maximum Gasteiger partial charge on any atom is 0.424 e. The molecule has 2 unspecified atom stereocenters. The number of nitrogens with one attached hydrogen (secondary N) is 2. The number of hydrogen-bond acceptors (Lipinski definition) is 6. The first kappa shape index (κ1) is 38.4. The van der Waals surface area contributed by atoms with E-state index in [1.54, 1.807) is 0 Å². The third kappa shape index (κ3) is 8.83. The molecule has 2 N–H and O–H groups in total. The normalized spacial score (nSPS) is 16.8. The van der Waals surface area contributed by atoms with Crippen molar-refractivity contribution >= 4 is 91.8 Å². The van der Waals surface area contributed by atoms with Crippen LogP contribution in [0.1, 0.15) is 68.9 Å². The summed E-state index contributed by atoms with van der Waals surface area (Å²) in [5.74, 6) is -5.57. The number of carbonyl (C=O) groups excluding carboxylic acids is 4. The Hall–Kier alpha value is -3.45. The molecule has 0 spiro atoms. The highest BCUT2D eigenvalue weighted by Crippen LogP contribution is 2.65. The number of nitrogens with zero attached hydrogens (tertiary/aromatic N) is 1. The number of benzene rings is 3. The van der Waals surface area contributed by atoms with Gasteiger partial charge in [-0.2, -0.15) is 4.90 Å². The minimum Gasteiger partial charge on any atom is -0.443 e. The molecule has 0 saturated heterocycles. The van der Waals surface area contributed by atoms with Crippen molar-refractivity contribution in [1.82, 2.24) is 0 Å². The Morgan fingerprint density at radius 3 is 2.02 bits per heavy atom. The number of hydrogen-bond donors (Lipinski definition) is 2. The quantitative estimate of drug-likeness (QED) is 0.240. The molecule has 0 heterocycles. The van der Waals surface area contributed by atoms with Crippen LogP contribution in [-0.4, -0.2) is 39.5 Å². The number of imide groups is 1. The van der Waals surface area contributed by atoms with E-state index in [9.17, 15) is 19.2 Å². The van der Waals surface area contributed by atoms with Gasteiger partial charge in [0, 0.05) is 16.1 Å². The summed E-state index contributed by atoms with van der Waals surface area (Å²) in [4.78, 5) is 52.8. The zero-order valence-electron chi connectivity index (χ0n) is 27.4. The van der Waals surface area contributed by atoms with E-state index in [2.05, 4.69) is 26.6 Å². The average Bonchev–Trinajstić information content (AvgIpc) is 3.54. The summed E-state index contributed by atoms with van der Waals surface area (Å²) in [6.07, 6.45) is -2.83. The maximum absolute atomic E-state index is 16.0. The topological polar surface area (TPSA) is 114 Å². The fourth-order valence-corrected chi connectivity index (χ4v) is 6.11. The van der Waals surface area contributed by atoms with E-state index in [0.717, 1.165) is 27.7 Å². The average molecular weight is 804 g/mol. The van der Waals surface area contributed by atoms with Crippen molar-refractivity contribution in [1.29, 1.82) is 0 Å². The molecule has 262 valence electrons. The van der Waals surface area contributed by atoms with Crippen molar-refractivity contribution in [3.63, 3.8) is 0 Å². The first-order valence-corrected chi connectivity index (χ1v) is 16.7. The number of halogens is 6. The monoisotopic (exact) mass is 801 g/mol. The van der Waals surface area contributed by atoms with Gasteiger partial charge < -0.3 is 20.1 Å². The van der Waals surface area contributed by atoms with Crippen molar-refractivity contribution in [2.24, 2.45) is 5.92 Å². The number of carbonyl (C=O) groups is 4. The molecule has 0 aromatic heterocycles. The van der Waals surface area contributed by atoms with Gasteiger partial charge in [0.25, 0.3) is 5.91 Å². The molecule has 2 atom stereocenters. The summed E-state index contributed by atoms with van der Waals surface area (Å²) in [5, 5.41) is 4.90. The fraction of sp³-hybridized carbons (Fsp3) is 0.353. The van der Waals surface area contributed by atoms with Gasteiger partial charge in [-0.3, -0.25) is 9.59 Å². The van der Waals surface area contributed by atoms with E-state index in [1.165, 1.54) is 59.7 Å². The number of aryl methyl sites for hydroxylation is 1. The lowest BCUT2D eigenvalue weighted by Gasteiger charge is -2.29. The molecule has 0 radical (unpaired) electrons. The molecule has 9 nitrogen and oxygen atoms in total. The van der Waals surface area contributed by atoms with Gasteiger partial charge in [-0.1, -0.05) is 39.7 Å². The van der Waals surface area contributed by atoms with E-state index in [4.69, 9.17) is 44.3 Å². The van der Waals surface area contributed by atoms with Crippen LogP contribution in [0.2, 0.25) is 5.02 Å². The molecule has 49 heavy (non-hydrogen) atoms. The molecule has 3 aromatic carbocycles. The predicted molar refractivity (Wildman–Crippen MR) is 189 cm³/mol. The molecule has 4 amide bonds. The van der Waals surface area contributed by atoms with Crippen LogP contribution in [0.4, 0.5) is 35.4 Å². The molecule has 1 fully saturated rings. The van der Waals surface area contributed by atoms with Gasteiger partial charge in [0.1, 0.15) is 21.2 Å². The standard InChI is InChI=1S/C34H33BrCl3F2N3O6/c1-16-14-17(8-10-20(16)35)24-25(34(24,37)38)29(45)41-18-9-11-21(36)19(15-18)28(44)42-23-13-12-22(39)27(26(23)40)43(30(46)48-32(2,3)4)31(47)49-33(5,6)7/h8-15,24-25H,1-7H3,(H,41,45)(H,42,44). The Kier molecular flexibility index (Phi) is 11.0. The van der Waals surface area contributed by atoms with E-state index < -0.39 is 74.4 Å². The van der Waals surface area contributed by atoms with E-state index in [1.807, 2.05) is 25.1 Å². The van der Waals surface area contributed by atoms with Gasteiger partial charge in [-0.05, 0) is 96.0 Å². The Morgan fingerprint density at radius 2 is 1.47 bits per heavy atom. The first-order valence-electron chi connectivity index (χ1n) is 14.8. The molecule has 15 heteroatoms. The van der Waals surface area contributed by atoms with Crippen LogP contribution < -0.4 is 15.5 Å². The number of amides is 4. The molecular weight excluding hydrogens is 771 g/mol. The Morgan fingerprint density at radius 1 is 0.878 bits per heavy atom. The molecule has 0 bridgehead atoms. The molecule has 0 aliphatic heterocycles. The maximum atomic E-state index is 16.0. The van der Waals surface area contributed by atoms with Crippen LogP contribution in [0.15, 0.2) is 53.0 Å². The highest BCUT2D eigenvalue weighted by Gasteiger charge is 2.67. The van der Waals surface area contributed by atoms with Crippen LogP contribution >= 0.6 is 50.7 Å². The van der Waals surface area contributed by atoms with Gasteiger partial charge >= 0.3 is 12.2 Å². The molecular formula is C34H33BrCl3F2N3O6. The third-order valence-electron chi connectivity index (χ3n) is 7.05. The summed E-state index contributed by atoms with van der Waals surface area (Å²) in [5.41, 5.74) is -2.38. The number of anilines is 3. The molecule has 1 aliphatic rings. The van der Waals surface area contributed by atoms with Gasteiger partial charge in [0.15, 0.2) is 11.6 Å². The van der Waals surface area contributed by atoms with Crippen LogP contribution in [0.3, 0.4) is 0 Å². The number of ether oxygens (including phenoxy) is 2. The summed E-state index contributed by atoms with van der Waals surface area (Å²) in [6, 6.07) is 11.2. The van der Waals surface area contributed by atoms with E-state index >= 15 is 8.78 Å². The summed E-state index contributed by atoms with van der Waals surface area (Å²) in [6.45, 7) is 10.9. The highest BCUT2D eigenvalue weighted by molar-refractivity contribution is 9.10. The van der Waals surface area contributed by atoms with Crippen molar-refractivity contribution in [3.8, 4) is 0 Å². The summed E-state index contributed by atoms with van der Waals surface area (Å²) in [7, 11) is 0. The lowest BCUT2D eigenvalue weighted by atomic mass is 10.1. The van der Waals surface area contributed by atoms with Crippen molar-refractivity contribution in [3.05, 3.63) is 86.4 Å². The Bertz CT molecular complexity index is 1820. The van der Waals surface area contributed by atoms with Crippen molar-refractivity contribution in [2.75, 3.05) is 15.5 Å². The van der Waals surface area contributed by atoms with Gasteiger partial charge in [-0.25, -0.2) is 18.4 Å². The fourth-order valence-electron chi connectivity index (χ4n) is 4.83. The SMILES string of the molecule is Cc1cc(C2C(C(=O)Nc3ccc(Cl)c(C(=O)Nc4ccc(F)c(N(C(=O)OC(C)(C)C)C(=O)OC(C)(C)C)c4F)c3)C2(Cl)Cl)ccc1Br. The van der Waals surface area contributed by atoms with Crippen molar-refractivity contribution < 1.29 is 37.4 Å². The van der Waals surface area contributed by atoms with Crippen LogP contribution in [0.5, 0.6) is 0 Å². The van der Waals surface area contributed by atoms with Crippen LogP contribution in [0, 0.1) is 24.5 Å². The lowest BCUT2D eigenvalue weighted by molar-refractivity contribution is -0.117. The second kappa shape index (κ2) is 14.0. The number of rotatable bonds is 6.